The molecule has 3 nitrogen and oxygen atoms in total. The Morgan fingerprint density at radius 3 is 1.69 bits per heavy atom. The van der Waals surface area contributed by atoms with Crippen LogP contribution in [0, 0.1) is 0 Å². The number of hydrogen-bond acceptors (Lipinski definition) is 1. The van der Waals surface area contributed by atoms with E-state index in [4.69, 9.17) is 4.74 Å². The number of benzene rings is 1. The second-order valence-corrected chi connectivity index (χ2v) is 10.3. The third-order valence-electron chi connectivity index (χ3n) is 7.13. The molecule has 206 valence electrons. The number of hydrogen-bond donors (Lipinski definition) is 0. The summed E-state index contributed by atoms with van der Waals surface area (Å²) < 4.78 is 10.8. The molecule has 4 heteroatoms. The molecule has 0 amide bonds. The minimum Gasteiger partial charge on any atom is -1.00 e. The maximum atomic E-state index is 6.09. The molecule has 0 saturated carbocycles. The molecule has 0 fully saturated rings. The molecular weight excluding hydrogens is 464 g/mol. The molecule has 0 saturated heterocycles. The van der Waals surface area contributed by atoms with E-state index in [9.17, 15) is 0 Å². The molecule has 0 spiro atoms. The van der Waals surface area contributed by atoms with Gasteiger partial charge in [-0.2, -0.15) is 0 Å². The summed E-state index contributed by atoms with van der Waals surface area (Å²) in [4.78, 5) is 0. The van der Waals surface area contributed by atoms with Gasteiger partial charge in [0.05, 0.1) is 18.7 Å². The first-order chi connectivity index (χ1) is 17.4. The molecule has 1 aromatic heterocycles. The van der Waals surface area contributed by atoms with Gasteiger partial charge in [0.1, 0.15) is 12.4 Å². The van der Waals surface area contributed by atoms with Crippen molar-refractivity contribution in [3.05, 3.63) is 42.7 Å². The van der Waals surface area contributed by atoms with Gasteiger partial charge in [0.25, 0.3) is 5.82 Å². The van der Waals surface area contributed by atoms with Gasteiger partial charge in [0.2, 0.25) is 0 Å². The maximum absolute atomic E-state index is 6.09. The number of aryl methyl sites for hydroxylation is 1. The van der Waals surface area contributed by atoms with Crippen LogP contribution >= 0.6 is 0 Å². The van der Waals surface area contributed by atoms with Crippen molar-refractivity contribution in [1.82, 2.24) is 4.57 Å². The summed E-state index contributed by atoms with van der Waals surface area (Å²) in [7, 11) is 0. The van der Waals surface area contributed by atoms with Crippen LogP contribution in [0.15, 0.2) is 42.7 Å². The van der Waals surface area contributed by atoms with Crippen molar-refractivity contribution in [3.63, 3.8) is 0 Å². The van der Waals surface area contributed by atoms with Crippen molar-refractivity contribution in [2.24, 2.45) is 0 Å². The summed E-state index contributed by atoms with van der Waals surface area (Å²) in [5, 5.41) is 0. The van der Waals surface area contributed by atoms with Gasteiger partial charge in [-0.3, -0.25) is 0 Å². The van der Waals surface area contributed by atoms with Crippen molar-refractivity contribution in [2.75, 3.05) is 6.61 Å². The molecule has 2 aromatic rings. The maximum Gasteiger partial charge on any atom is 0.290 e. The lowest BCUT2D eigenvalue weighted by Crippen LogP contribution is -3.00. The lowest BCUT2D eigenvalue weighted by atomic mass is 10.1. The van der Waals surface area contributed by atoms with E-state index in [2.05, 4.69) is 65.7 Å². The number of aromatic nitrogens is 2. The summed E-state index contributed by atoms with van der Waals surface area (Å²) in [6, 6.07) is 10.8. The molecule has 0 aliphatic rings. The van der Waals surface area contributed by atoms with Crippen LogP contribution in [-0.4, -0.2) is 11.2 Å². The minimum absolute atomic E-state index is 0. The first-order valence-corrected chi connectivity index (χ1v) is 15.1. The number of unbranched alkanes of at least 4 members (excludes halogenated alkanes) is 16. The third-order valence-corrected chi connectivity index (χ3v) is 7.13. The number of nitrogens with zero attached hydrogens (tertiary/aromatic N) is 2. The van der Waals surface area contributed by atoms with Crippen LogP contribution in [0.25, 0.3) is 11.4 Å². The second kappa shape index (κ2) is 22.8. The van der Waals surface area contributed by atoms with Crippen molar-refractivity contribution >= 4 is 0 Å². The highest BCUT2D eigenvalue weighted by Gasteiger charge is 2.19. The Labute approximate surface area is 229 Å². The standard InChI is InChI=1S/C32H55N2O.ClH/c1-3-5-7-9-11-13-14-15-17-22-26-33-27-28-34(32(33)31-24-20-19-21-25-31)30-35-29-23-18-16-12-10-8-6-4-2;/h19-21,24-25,27-28H,3-18,22-23,26,29-30H2,1-2H3;1H/q+1;/p-1. The number of imidazole rings is 1. The lowest BCUT2D eigenvalue weighted by Gasteiger charge is -2.07. The van der Waals surface area contributed by atoms with Crippen molar-refractivity contribution < 1.29 is 21.7 Å². The highest BCUT2D eigenvalue weighted by molar-refractivity contribution is 5.52. The molecule has 1 heterocycles. The zero-order valence-electron chi connectivity index (χ0n) is 23.6. The van der Waals surface area contributed by atoms with Crippen LogP contribution in [0.1, 0.15) is 129 Å². The number of rotatable bonds is 23. The summed E-state index contributed by atoms with van der Waals surface area (Å²) in [5.41, 5.74) is 1.28. The van der Waals surface area contributed by atoms with E-state index in [1.807, 2.05) is 0 Å². The quantitative estimate of drug-likeness (QED) is 0.121. The number of ether oxygens (including phenoxy) is 1. The summed E-state index contributed by atoms with van der Waals surface area (Å²) in [5.74, 6) is 1.28. The van der Waals surface area contributed by atoms with Crippen LogP contribution in [0.4, 0.5) is 0 Å². The van der Waals surface area contributed by atoms with Gasteiger partial charge in [0.15, 0.2) is 6.73 Å². The van der Waals surface area contributed by atoms with E-state index in [0.29, 0.717) is 6.73 Å². The molecular formula is C32H55ClN2O. The summed E-state index contributed by atoms with van der Waals surface area (Å²) >= 11 is 0. The molecule has 0 unspecified atom stereocenters. The average molecular weight is 519 g/mol. The summed E-state index contributed by atoms with van der Waals surface area (Å²) in [6.45, 7) is 7.17. The monoisotopic (exact) mass is 518 g/mol. The zero-order valence-corrected chi connectivity index (χ0v) is 24.3. The molecule has 36 heavy (non-hydrogen) atoms. The van der Waals surface area contributed by atoms with Crippen LogP contribution in [-0.2, 0) is 18.0 Å². The largest absolute Gasteiger partial charge is 1.00 e. The molecule has 2 rings (SSSR count). The van der Waals surface area contributed by atoms with Gasteiger partial charge in [-0.15, -0.1) is 0 Å². The number of halogens is 1. The second-order valence-electron chi connectivity index (χ2n) is 10.3. The predicted molar refractivity (Wildman–Crippen MR) is 150 cm³/mol. The van der Waals surface area contributed by atoms with E-state index in [-0.39, 0.29) is 12.4 Å². The molecule has 0 aliphatic carbocycles. The Hall–Kier alpha value is -1.32. The molecule has 0 atom stereocenters. The first kappa shape index (κ1) is 32.7. The third kappa shape index (κ3) is 14.4. The highest BCUT2D eigenvalue weighted by atomic mass is 35.5. The van der Waals surface area contributed by atoms with Gasteiger partial charge < -0.3 is 17.1 Å². The van der Waals surface area contributed by atoms with Crippen LogP contribution in [0.5, 0.6) is 0 Å². The van der Waals surface area contributed by atoms with Gasteiger partial charge in [-0.05, 0) is 31.4 Å². The molecule has 0 bridgehead atoms. The van der Waals surface area contributed by atoms with E-state index >= 15 is 0 Å². The average Bonchev–Trinajstić information content (AvgIpc) is 3.29. The van der Waals surface area contributed by atoms with Crippen LogP contribution in [0.2, 0.25) is 0 Å². The Morgan fingerprint density at radius 2 is 1.14 bits per heavy atom. The Kier molecular flexibility index (Phi) is 20.8. The predicted octanol–water partition coefficient (Wildman–Crippen LogP) is 6.48. The van der Waals surface area contributed by atoms with E-state index in [1.54, 1.807) is 0 Å². The fourth-order valence-corrected chi connectivity index (χ4v) is 4.94. The molecule has 0 N–H and O–H groups in total. The van der Waals surface area contributed by atoms with Gasteiger partial charge in [0, 0.05) is 0 Å². The van der Waals surface area contributed by atoms with E-state index < -0.39 is 0 Å². The SMILES string of the molecule is CCCCCCCCCCCCn1cc[n+](COCCCCCCCCCC)c1-c1ccccc1.[Cl-]. The summed E-state index contributed by atoms with van der Waals surface area (Å²) in [6.07, 6.45) is 29.0. The highest BCUT2D eigenvalue weighted by Crippen LogP contribution is 2.18. The molecule has 0 aliphatic heterocycles. The van der Waals surface area contributed by atoms with Crippen molar-refractivity contribution in [1.29, 1.82) is 0 Å². The fraction of sp³-hybridized carbons (Fsp3) is 0.719. The zero-order chi connectivity index (χ0) is 24.8. The molecule has 0 radical (unpaired) electrons. The van der Waals surface area contributed by atoms with Gasteiger partial charge in [-0.25, -0.2) is 9.13 Å². The van der Waals surface area contributed by atoms with Crippen LogP contribution < -0.4 is 17.0 Å². The minimum atomic E-state index is 0. The van der Waals surface area contributed by atoms with E-state index in [1.165, 1.54) is 127 Å². The van der Waals surface area contributed by atoms with Crippen molar-refractivity contribution in [3.8, 4) is 11.4 Å². The van der Waals surface area contributed by atoms with E-state index in [0.717, 1.165) is 13.2 Å². The Balaban J connectivity index is 0.00000648. The van der Waals surface area contributed by atoms with Gasteiger partial charge >= 0.3 is 0 Å². The Bertz CT molecular complexity index is 690. The van der Waals surface area contributed by atoms with Crippen molar-refractivity contribution in [2.45, 2.75) is 143 Å². The first-order valence-electron chi connectivity index (χ1n) is 15.1. The normalized spacial score (nSPS) is 11.1. The smallest absolute Gasteiger partial charge is 0.290 e. The van der Waals surface area contributed by atoms with Crippen LogP contribution in [0.3, 0.4) is 0 Å². The Morgan fingerprint density at radius 1 is 0.639 bits per heavy atom. The molecule has 1 aromatic carbocycles. The topological polar surface area (TPSA) is 18.0 Å². The fourth-order valence-electron chi connectivity index (χ4n) is 4.94. The van der Waals surface area contributed by atoms with Gasteiger partial charge in [-0.1, -0.05) is 128 Å². The lowest BCUT2D eigenvalue weighted by molar-refractivity contribution is -0.722.